The Hall–Kier alpha value is -0.160. The Morgan fingerprint density at radius 2 is 2.17 bits per heavy atom. The lowest BCUT2D eigenvalue weighted by Gasteiger charge is -2.38. The molecule has 3 aliphatic heterocycles. The minimum Gasteiger partial charge on any atom is -0.378 e. The van der Waals surface area contributed by atoms with Gasteiger partial charge in [-0.05, 0) is 32.1 Å². The van der Waals surface area contributed by atoms with Crippen molar-refractivity contribution < 1.29 is 14.2 Å². The minimum atomic E-state index is 0.0215. The van der Waals surface area contributed by atoms with Crippen molar-refractivity contribution >= 4 is 0 Å². The highest BCUT2D eigenvalue weighted by Gasteiger charge is 2.41. The molecule has 0 saturated carbocycles. The van der Waals surface area contributed by atoms with Crippen LogP contribution in [0.1, 0.15) is 32.6 Å². The van der Waals surface area contributed by atoms with E-state index >= 15 is 0 Å². The van der Waals surface area contributed by atoms with Crippen molar-refractivity contribution in [2.24, 2.45) is 5.92 Å². The van der Waals surface area contributed by atoms with Crippen LogP contribution in [0.4, 0.5) is 0 Å². The molecule has 0 amide bonds. The summed E-state index contributed by atoms with van der Waals surface area (Å²) in [5.74, 6) is 0.684. The summed E-state index contributed by atoms with van der Waals surface area (Å²) in [5, 5.41) is 3.73. The van der Waals surface area contributed by atoms with Crippen LogP contribution in [0.5, 0.6) is 0 Å². The van der Waals surface area contributed by atoms with E-state index in [1.165, 1.54) is 6.42 Å². The van der Waals surface area contributed by atoms with Crippen LogP contribution in [0, 0.1) is 5.92 Å². The summed E-state index contributed by atoms with van der Waals surface area (Å²) in [5.41, 5.74) is 0.0215. The first-order valence-electron chi connectivity index (χ1n) is 7.34. The quantitative estimate of drug-likeness (QED) is 0.826. The first-order valence-corrected chi connectivity index (χ1v) is 7.34. The Balaban J connectivity index is 1.47. The molecular weight excluding hydrogens is 230 g/mol. The molecule has 0 radical (unpaired) electrons. The zero-order valence-electron chi connectivity index (χ0n) is 11.3. The second-order valence-corrected chi connectivity index (χ2v) is 6.06. The molecule has 0 aromatic carbocycles. The lowest BCUT2D eigenvalue weighted by molar-refractivity contribution is -0.0896. The molecule has 4 heteroatoms. The molecule has 4 atom stereocenters. The smallest absolute Gasteiger partial charge is 0.0951 e. The Morgan fingerprint density at radius 1 is 1.22 bits per heavy atom. The largest absolute Gasteiger partial charge is 0.378 e. The zero-order valence-corrected chi connectivity index (χ0v) is 11.3. The molecule has 18 heavy (non-hydrogen) atoms. The zero-order chi connectivity index (χ0) is 12.4. The maximum absolute atomic E-state index is 5.96. The summed E-state index contributed by atoms with van der Waals surface area (Å²) in [7, 11) is 0. The summed E-state index contributed by atoms with van der Waals surface area (Å²) >= 11 is 0. The molecule has 0 aliphatic carbocycles. The summed E-state index contributed by atoms with van der Waals surface area (Å²) in [4.78, 5) is 0. The molecule has 3 saturated heterocycles. The number of rotatable bonds is 3. The second kappa shape index (κ2) is 5.45. The highest BCUT2D eigenvalue weighted by atomic mass is 16.6. The molecule has 0 aromatic rings. The van der Waals surface area contributed by atoms with Crippen LogP contribution in [-0.4, -0.2) is 50.7 Å². The van der Waals surface area contributed by atoms with Crippen molar-refractivity contribution in [1.82, 2.24) is 5.32 Å². The number of ether oxygens (including phenoxy) is 3. The molecule has 0 aromatic heterocycles. The van der Waals surface area contributed by atoms with E-state index in [0.29, 0.717) is 18.1 Å². The van der Waals surface area contributed by atoms with Crippen molar-refractivity contribution in [3.05, 3.63) is 0 Å². The van der Waals surface area contributed by atoms with Gasteiger partial charge in [-0.2, -0.15) is 0 Å². The monoisotopic (exact) mass is 255 g/mol. The summed E-state index contributed by atoms with van der Waals surface area (Å²) < 4.78 is 17.1. The van der Waals surface area contributed by atoms with Crippen LogP contribution < -0.4 is 5.32 Å². The van der Waals surface area contributed by atoms with Crippen molar-refractivity contribution in [1.29, 1.82) is 0 Å². The van der Waals surface area contributed by atoms with E-state index < -0.39 is 0 Å². The van der Waals surface area contributed by atoms with Crippen molar-refractivity contribution in [3.63, 3.8) is 0 Å². The third-order valence-electron chi connectivity index (χ3n) is 4.76. The van der Waals surface area contributed by atoms with E-state index in [1.54, 1.807) is 0 Å². The van der Waals surface area contributed by atoms with Gasteiger partial charge in [-0.1, -0.05) is 0 Å². The highest BCUT2D eigenvalue weighted by molar-refractivity contribution is 4.93. The molecule has 1 spiro atoms. The molecule has 3 aliphatic rings. The van der Waals surface area contributed by atoms with Gasteiger partial charge in [0.2, 0.25) is 0 Å². The van der Waals surface area contributed by atoms with E-state index in [2.05, 4.69) is 12.2 Å². The van der Waals surface area contributed by atoms with Gasteiger partial charge in [0.25, 0.3) is 0 Å². The van der Waals surface area contributed by atoms with Crippen molar-refractivity contribution in [2.75, 3.05) is 33.0 Å². The van der Waals surface area contributed by atoms with Crippen LogP contribution in [0.15, 0.2) is 0 Å². The lowest BCUT2D eigenvalue weighted by Crippen LogP contribution is -2.48. The molecular formula is C14H25NO3. The number of nitrogens with one attached hydrogen (secondary N) is 1. The topological polar surface area (TPSA) is 39.7 Å². The molecule has 3 fully saturated rings. The SMILES string of the molecule is CC1OCCC1CNC1CCOC2(CCOC2)C1. The van der Waals surface area contributed by atoms with E-state index in [-0.39, 0.29) is 5.60 Å². The van der Waals surface area contributed by atoms with Crippen molar-refractivity contribution in [3.8, 4) is 0 Å². The molecule has 4 nitrogen and oxygen atoms in total. The maximum Gasteiger partial charge on any atom is 0.0951 e. The van der Waals surface area contributed by atoms with E-state index in [9.17, 15) is 0 Å². The van der Waals surface area contributed by atoms with E-state index in [4.69, 9.17) is 14.2 Å². The molecule has 0 bridgehead atoms. The van der Waals surface area contributed by atoms with Gasteiger partial charge in [0.05, 0.1) is 18.3 Å². The van der Waals surface area contributed by atoms with Gasteiger partial charge in [-0.15, -0.1) is 0 Å². The van der Waals surface area contributed by atoms with Gasteiger partial charge in [0, 0.05) is 38.8 Å². The lowest BCUT2D eigenvalue weighted by atomic mass is 9.89. The molecule has 3 heterocycles. The highest BCUT2D eigenvalue weighted by Crippen LogP contribution is 2.33. The average molecular weight is 255 g/mol. The van der Waals surface area contributed by atoms with Crippen LogP contribution in [0.25, 0.3) is 0 Å². The van der Waals surface area contributed by atoms with Gasteiger partial charge in [-0.3, -0.25) is 0 Å². The second-order valence-electron chi connectivity index (χ2n) is 6.06. The average Bonchev–Trinajstić information content (AvgIpc) is 2.97. The Labute approximate surface area is 109 Å². The fourth-order valence-electron chi connectivity index (χ4n) is 3.43. The van der Waals surface area contributed by atoms with Gasteiger partial charge >= 0.3 is 0 Å². The molecule has 104 valence electrons. The Bertz CT molecular complexity index is 278. The fourth-order valence-corrected chi connectivity index (χ4v) is 3.43. The van der Waals surface area contributed by atoms with Gasteiger partial charge < -0.3 is 19.5 Å². The maximum atomic E-state index is 5.96. The van der Waals surface area contributed by atoms with Crippen LogP contribution >= 0.6 is 0 Å². The standard InChI is InChI=1S/C14H25NO3/c1-11-12(2-5-17-11)9-15-13-3-6-18-14(8-13)4-7-16-10-14/h11-13,15H,2-10H2,1H3. The van der Waals surface area contributed by atoms with E-state index in [1.807, 2.05) is 0 Å². The van der Waals surface area contributed by atoms with Crippen molar-refractivity contribution in [2.45, 2.75) is 50.4 Å². The predicted octanol–water partition coefficient (Wildman–Crippen LogP) is 1.34. The third-order valence-corrected chi connectivity index (χ3v) is 4.76. The first-order chi connectivity index (χ1) is 8.77. The predicted molar refractivity (Wildman–Crippen MR) is 68.7 cm³/mol. The van der Waals surface area contributed by atoms with Crippen LogP contribution in [0.2, 0.25) is 0 Å². The Morgan fingerprint density at radius 3 is 2.89 bits per heavy atom. The third kappa shape index (κ3) is 2.72. The summed E-state index contributed by atoms with van der Waals surface area (Å²) in [6.45, 7) is 6.73. The van der Waals surface area contributed by atoms with Gasteiger partial charge in [0.1, 0.15) is 0 Å². The first kappa shape index (κ1) is 12.9. The number of hydrogen-bond donors (Lipinski definition) is 1. The normalized spacial score (nSPS) is 44.8. The summed E-state index contributed by atoms with van der Waals surface area (Å²) in [6.07, 6.45) is 4.92. The summed E-state index contributed by atoms with van der Waals surface area (Å²) in [6, 6.07) is 0.591. The molecule has 3 rings (SSSR count). The molecule has 1 N–H and O–H groups in total. The minimum absolute atomic E-state index is 0.0215. The van der Waals surface area contributed by atoms with Gasteiger partial charge in [-0.25, -0.2) is 0 Å². The van der Waals surface area contributed by atoms with E-state index in [0.717, 1.165) is 52.2 Å². The Kier molecular flexibility index (Phi) is 3.89. The fraction of sp³-hybridized carbons (Fsp3) is 1.00. The van der Waals surface area contributed by atoms with Crippen LogP contribution in [-0.2, 0) is 14.2 Å². The van der Waals surface area contributed by atoms with Gasteiger partial charge in [0.15, 0.2) is 0 Å². The molecule has 4 unspecified atom stereocenters. The van der Waals surface area contributed by atoms with Crippen LogP contribution in [0.3, 0.4) is 0 Å². The number of hydrogen-bond acceptors (Lipinski definition) is 4.